The van der Waals surface area contributed by atoms with Gasteiger partial charge < -0.3 is 9.57 Å². The van der Waals surface area contributed by atoms with Crippen LogP contribution in [0.1, 0.15) is 18.1 Å². The first-order chi connectivity index (χ1) is 6.83. The Kier molecular flexibility index (Phi) is 4.43. The number of methoxy groups -OCH3 is 1. The molecular weight excluding hydrogens is 178 g/mol. The number of nitrogens with two attached hydrogens (primary N) is 1. The lowest BCUT2D eigenvalue weighted by Crippen LogP contribution is -2.06. The third-order valence-electron chi connectivity index (χ3n) is 2.29. The first-order valence-corrected chi connectivity index (χ1v) is 4.79. The van der Waals surface area contributed by atoms with Gasteiger partial charge in [0.05, 0.1) is 13.7 Å². The minimum Gasteiger partial charge on any atom is -0.496 e. The Bertz CT molecular complexity index is 287. The Morgan fingerprint density at radius 2 is 2.14 bits per heavy atom. The van der Waals surface area contributed by atoms with Crippen LogP contribution in [0.5, 0.6) is 5.75 Å². The normalized spacial score (nSPS) is 10.2. The molecule has 0 aliphatic carbocycles. The Labute approximate surface area is 84.8 Å². The molecule has 0 bridgehead atoms. The molecule has 0 heterocycles. The second-order valence-corrected chi connectivity index (χ2v) is 3.07. The molecule has 78 valence electrons. The molecule has 0 saturated heterocycles. The van der Waals surface area contributed by atoms with E-state index >= 15 is 0 Å². The summed E-state index contributed by atoms with van der Waals surface area (Å²) in [4.78, 5) is 4.58. The van der Waals surface area contributed by atoms with Crippen LogP contribution in [0.2, 0.25) is 0 Å². The maximum atomic E-state index is 5.28. The topological polar surface area (TPSA) is 44.5 Å². The predicted octanol–water partition coefficient (Wildman–Crippen LogP) is 1.69. The molecule has 14 heavy (non-hydrogen) atoms. The summed E-state index contributed by atoms with van der Waals surface area (Å²) in [6, 6.07) is 6.05. The summed E-state index contributed by atoms with van der Waals surface area (Å²) in [7, 11) is 1.69. The average molecular weight is 195 g/mol. The van der Waals surface area contributed by atoms with Crippen LogP contribution in [-0.2, 0) is 17.7 Å². The van der Waals surface area contributed by atoms with Gasteiger partial charge in [-0.1, -0.05) is 19.1 Å². The fourth-order valence-corrected chi connectivity index (χ4v) is 1.61. The van der Waals surface area contributed by atoms with Gasteiger partial charge in [0.15, 0.2) is 0 Å². The fraction of sp³-hybridized carbons (Fsp3) is 0.455. The van der Waals surface area contributed by atoms with E-state index in [4.69, 9.17) is 10.6 Å². The molecule has 3 nitrogen and oxygen atoms in total. The molecule has 0 aliphatic rings. The first kappa shape index (κ1) is 11.0. The number of rotatable bonds is 5. The maximum Gasteiger partial charge on any atom is 0.122 e. The van der Waals surface area contributed by atoms with Crippen molar-refractivity contribution < 1.29 is 9.57 Å². The summed E-state index contributed by atoms with van der Waals surface area (Å²) in [5, 5.41) is 0. The molecule has 1 rings (SSSR count). The standard InChI is InChI=1S/C11H17NO2/c1-3-10-9(7-8-14-12)5-4-6-11(10)13-2/h4-6H,3,7-8,12H2,1-2H3. The second kappa shape index (κ2) is 5.62. The lowest BCUT2D eigenvalue weighted by Gasteiger charge is -2.11. The van der Waals surface area contributed by atoms with Gasteiger partial charge >= 0.3 is 0 Å². The number of hydrogen-bond donors (Lipinski definition) is 1. The molecule has 1 aromatic rings. The van der Waals surface area contributed by atoms with Crippen molar-refractivity contribution in [3.8, 4) is 5.75 Å². The van der Waals surface area contributed by atoms with Gasteiger partial charge in [0.1, 0.15) is 5.75 Å². The van der Waals surface area contributed by atoms with Crippen molar-refractivity contribution >= 4 is 0 Å². The molecule has 0 spiro atoms. The van der Waals surface area contributed by atoms with Crippen molar-refractivity contribution in [2.24, 2.45) is 5.90 Å². The quantitative estimate of drug-likeness (QED) is 0.727. The van der Waals surface area contributed by atoms with Crippen molar-refractivity contribution in [1.29, 1.82) is 0 Å². The van der Waals surface area contributed by atoms with Crippen molar-refractivity contribution in [2.45, 2.75) is 19.8 Å². The van der Waals surface area contributed by atoms with E-state index in [1.807, 2.05) is 12.1 Å². The third kappa shape index (κ3) is 2.47. The van der Waals surface area contributed by atoms with Gasteiger partial charge in [-0.2, -0.15) is 0 Å². The molecule has 0 aliphatic heterocycles. The molecule has 3 heteroatoms. The molecule has 1 aromatic carbocycles. The molecule has 0 radical (unpaired) electrons. The average Bonchev–Trinajstić information content (AvgIpc) is 2.25. The Balaban J connectivity index is 2.90. The van der Waals surface area contributed by atoms with E-state index in [1.54, 1.807) is 7.11 Å². The van der Waals surface area contributed by atoms with Crippen LogP contribution < -0.4 is 10.6 Å². The van der Waals surface area contributed by atoms with Crippen molar-refractivity contribution in [3.05, 3.63) is 29.3 Å². The zero-order valence-electron chi connectivity index (χ0n) is 8.75. The van der Waals surface area contributed by atoms with E-state index in [-0.39, 0.29) is 0 Å². The minimum absolute atomic E-state index is 0.542. The lowest BCUT2D eigenvalue weighted by molar-refractivity contribution is 0.141. The molecule has 0 aromatic heterocycles. The zero-order valence-corrected chi connectivity index (χ0v) is 8.75. The van der Waals surface area contributed by atoms with E-state index in [0.717, 1.165) is 18.6 Å². The van der Waals surface area contributed by atoms with Gasteiger partial charge in [-0.05, 0) is 30.0 Å². The van der Waals surface area contributed by atoms with Gasteiger partial charge in [0.25, 0.3) is 0 Å². The fourth-order valence-electron chi connectivity index (χ4n) is 1.61. The Morgan fingerprint density at radius 1 is 1.36 bits per heavy atom. The smallest absolute Gasteiger partial charge is 0.122 e. The van der Waals surface area contributed by atoms with E-state index in [0.29, 0.717) is 6.61 Å². The first-order valence-electron chi connectivity index (χ1n) is 4.79. The van der Waals surface area contributed by atoms with Crippen molar-refractivity contribution in [1.82, 2.24) is 0 Å². The lowest BCUT2D eigenvalue weighted by atomic mass is 10.0. The summed E-state index contributed by atoms with van der Waals surface area (Å²) in [6.45, 7) is 2.66. The zero-order chi connectivity index (χ0) is 10.4. The highest BCUT2D eigenvalue weighted by atomic mass is 16.6. The molecule has 0 atom stereocenters. The van der Waals surface area contributed by atoms with Crippen LogP contribution >= 0.6 is 0 Å². The predicted molar refractivity (Wildman–Crippen MR) is 56.2 cm³/mol. The highest BCUT2D eigenvalue weighted by Gasteiger charge is 2.06. The molecule has 0 saturated carbocycles. The van der Waals surface area contributed by atoms with Gasteiger partial charge in [-0.3, -0.25) is 0 Å². The summed E-state index contributed by atoms with van der Waals surface area (Å²) >= 11 is 0. The van der Waals surface area contributed by atoms with Crippen LogP contribution in [0.15, 0.2) is 18.2 Å². The number of benzene rings is 1. The van der Waals surface area contributed by atoms with Gasteiger partial charge in [0.2, 0.25) is 0 Å². The van der Waals surface area contributed by atoms with Gasteiger partial charge in [0, 0.05) is 0 Å². The summed E-state index contributed by atoms with van der Waals surface area (Å²) < 4.78 is 5.28. The summed E-state index contributed by atoms with van der Waals surface area (Å²) in [6.07, 6.45) is 1.79. The molecule has 0 unspecified atom stereocenters. The highest BCUT2D eigenvalue weighted by molar-refractivity contribution is 5.40. The molecule has 0 fully saturated rings. The van der Waals surface area contributed by atoms with Crippen LogP contribution in [0, 0.1) is 0 Å². The van der Waals surface area contributed by atoms with Crippen LogP contribution in [0.3, 0.4) is 0 Å². The van der Waals surface area contributed by atoms with Crippen LogP contribution in [-0.4, -0.2) is 13.7 Å². The summed E-state index contributed by atoms with van der Waals surface area (Å²) in [5.74, 6) is 5.95. The van der Waals surface area contributed by atoms with Crippen molar-refractivity contribution in [2.75, 3.05) is 13.7 Å². The van der Waals surface area contributed by atoms with Crippen molar-refractivity contribution in [3.63, 3.8) is 0 Å². The van der Waals surface area contributed by atoms with E-state index < -0.39 is 0 Å². The molecule has 0 amide bonds. The largest absolute Gasteiger partial charge is 0.496 e. The van der Waals surface area contributed by atoms with E-state index in [2.05, 4.69) is 17.8 Å². The SMILES string of the molecule is CCc1c(CCON)cccc1OC. The van der Waals surface area contributed by atoms with Gasteiger partial charge in [-0.15, -0.1) is 0 Å². The maximum absolute atomic E-state index is 5.28. The Morgan fingerprint density at radius 3 is 2.71 bits per heavy atom. The number of hydrogen-bond acceptors (Lipinski definition) is 3. The van der Waals surface area contributed by atoms with E-state index in [9.17, 15) is 0 Å². The van der Waals surface area contributed by atoms with E-state index in [1.165, 1.54) is 11.1 Å². The Hall–Kier alpha value is -1.06. The third-order valence-corrected chi connectivity index (χ3v) is 2.29. The monoisotopic (exact) mass is 195 g/mol. The summed E-state index contributed by atoms with van der Waals surface area (Å²) in [5.41, 5.74) is 2.49. The minimum atomic E-state index is 0.542. The number of ether oxygens (including phenoxy) is 1. The second-order valence-electron chi connectivity index (χ2n) is 3.07. The highest BCUT2D eigenvalue weighted by Crippen LogP contribution is 2.22. The van der Waals surface area contributed by atoms with Crippen LogP contribution in [0.25, 0.3) is 0 Å². The molecule has 2 N–H and O–H groups in total. The van der Waals surface area contributed by atoms with Gasteiger partial charge in [-0.25, -0.2) is 5.90 Å². The molecular formula is C11H17NO2. The van der Waals surface area contributed by atoms with Crippen LogP contribution in [0.4, 0.5) is 0 Å².